The number of Topliss-reactive ketones (excluding diaryl/α,β-unsaturated/α-hetero) is 1. The molecule has 0 spiro atoms. The molecule has 35 heavy (non-hydrogen) atoms. The Labute approximate surface area is 207 Å². The molecule has 1 aliphatic rings. The van der Waals surface area contributed by atoms with Gasteiger partial charge in [-0.25, -0.2) is 0 Å². The van der Waals surface area contributed by atoms with Crippen LogP contribution in [0, 0.1) is 0 Å². The van der Waals surface area contributed by atoms with Crippen molar-refractivity contribution in [2.24, 2.45) is 0 Å². The number of methoxy groups -OCH3 is 2. The molecule has 1 aliphatic heterocycles. The van der Waals surface area contributed by atoms with Crippen molar-refractivity contribution in [3.63, 3.8) is 0 Å². The molecule has 0 radical (unpaired) electrons. The molecule has 3 rings (SSSR count). The summed E-state index contributed by atoms with van der Waals surface area (Å²) in [6.07, 6.45) is 0.848. The molecule has 0 aromatic heterocycles. The van der Waals surface area contributed by atoms with Crippen LogP contribution in [0.2, 0.25) is 0 Å². The molecule has 7 heteroatoms. The van der Waals surface area contributed by atoms with Gasteiger partial charge in [0.05, 0.1) is 37.5 Å². The summed E-state index contributed by atoms with van der Waals surface area (Å²) in [6.45, 7) is 9.19. The minimum Gasteiger partial charge on any atom is -0.507 e. The molecular formula is C28H35NO6. The lowest BCUT2D eigenvalue weighted by atomic mass is 9.85. The van der Waals surface area contributed by atoms with Gasteiger partial charge in [-0.3, -0.25) is 9.59 Å². The topological polar surface area (TPSA) is 85.3 Å². The van der Waals surface area contributed by atoms with Crippen LogP contribution in [-0.2, 0) is 19.7 Å². The standard InChI is InChI=1S/C28H35NO6/c1-7-14-35-20-10-8-9-18(16-20)24-23(26(31)27(32)29(24)13-15-33-5)25(30)21-17-19(28(2,3)4)11-12-22(21)34-6/h8-12,16-17,24,30H,7,13-15H2,1-6H3/b25-23+. The van der Waals surface area contributed by atoms with Gasteiger partial charge in [0, 0.05) is 13.7 Å². The second kappa shape index (κ2) is 11.0. The molecule has 1 fully saturated rings. The predicted molar refractivity (Wildman–Crippen MR) is 135 cm³/mol. The summed E-state index contributed by atoms with van der Waals surface area (Å²) < 4.78 is 16.5. The minimum absolute atomic E-state index is 0.0168. The number of carbonyl (C=O) groups is 2. The second-order valence-corrected chi connectivity index (χ2v) is 9.57. The summed E-state index contributed by atoms with van der Waals surface area (Å²) in [5, 5.41) is 11.5. The lowest BCUT2D eigenvalue weighted by molar-refractivity contribution is -0.140. The van der Waals surface area contributed by atoms with Gasteiger partial charge < -0.3 is 24.2 Å². The van der Waals surface area contributed by atoms with Crippen LogP contribution in [0.1, 0.15) is 56.8 Å². The Balaban J connectivity index is 2.23. The summed E-state index contributed by atoms with van der Waals surface area (Å²) in [5.74, 6) is -0.645. The largest absolute Gasteiger partial charge is 0.507 e. The molecule has 1 heterocycles. The molecule has 2 aromatic rings. The minimum atomic E-state index is -0.793. The van der Waals surface area contributed by atoms with E-state index in [-0.39, 0.29) is 29.9 Å². The van der Waals surface area contributed by atoms with E-state index in [0.717, 1.165) is 12.0 Å². The number of benzene rings is 2. The van der Waals surface area contributed by atoms with Crippen LogP contribution < -0.4 is 9.47 Å². The van der Waals surface area contributed by atoms with E-state index in [2.05, 4.69) is 20.8 Å². The van der Waals surface area contributed by atoms with Gasteiger partial charge in [-0.2, -0.15) is 0 Å². The van der Waals surface area contributed by atoms with Crippen LogP contribution in [0.3, 0.4) is 0 Å². The normalized spacial score (nSPS) is 17.7. The Morgan fingerprint density at radius 3 is 2.43 bits per heavy atom. The first-order valence-corrected chi connectivity index (χ1v) is 11.8. The van der Waals surface area contributed by atoms with Gasteiger partial charge in [0.2, 0.25) is 0 Å². The number of ketones is 1. The third-order valence-corrected chi connectivity index (χ3v) is 6.04. The number of carbonyl (C=O) groups excluding carboxylic acids is 2. The van der Waals surface area contributed by atoms with Gasteiger partial charge in [0.25, 0.3) is 11.7 Å². The van der Waals surface area contributed by atoms with Crippen molar-refractivity contribution in [2.75, 3.05) is 34.0 Å². The number of amides is 1. The van der Waals surface area contributed by atoms with Crippen molar-refractivity contribution in [2.45, 2.75) is 45.6 Å². The van der Waals surface area contributed by atoms with E-state index in [1.54, 1.807) is 6.07 Å². The SMILES string of the molecule is CCCOc1cccc(C2/C(=C(\O)c3cc(C(C)(C)C)ccc3OC)C(=O)C(=O)N2CCOC)c1. The van der Waals surface area contributed by atoms with Gasteiger partial charge in [0.1, 0.15) is 17.3 Å². The first kappa shape index (κ1) is 26.3. The van der Waals surface area contributed by atoms with Crippen LogP contribution in [0.25, 0.3) is 5.76 Å². The van der Waals surface area contributed by atoms with Crippen molar-refractivity contribution in [3.8, 4) is 11.5 Å². The maximum atomic E-state index is 13.3. The molecule has 1 saturated heterocycles. The average Bonchev–Trinajstić information content (AvgIpc) is 3.09. The van der Waals surface area contributed by atoms with Crippen LogP contribution in [0.5, 0.6) is 11.5 Å². The van der Waals surface area contributed by atoms with Crippen molar-refractivity contribution in [3.05, 3.63) is 64.7 Å². The second-order valence-electron chi connectivity index (χ2n) is 9.57. The summed E-state index contributed by atoms with van der Waals surface area (Å²) in [5.41, 5.74) is 1.81. The van der Waals surface area contributed by atoms with E-state index >= 15 is 0 Å². The zero-order valence-electron chi connectivity index (χ0n) is 21.4. The van der Waals surface area contributed by atoms with Gasteiger partial charge >= 0.3 is 0 Å². The van der Waals surface area contributed by atoms with E-state index in [1.165, 1.54) is 19.1 Å². The third-order valence-electron chi connectivity index (χ3n) is 6.04. The zero-order valence-corrected chi connectivity index (χ0v) is 21.4. The van der Waals surface area contributed by atoms with Crippen molar-refractivity contribution in [1.82, 2.24) is 4.90 Å². The van der Waals surface area contributed by atoms with Crippen LogP contribution in [0.15, 0.2) is 48.0 Å². The van der Waals surface area contributed by atoms with Crippen molar-refractivity contribution < 1.29 is 28.9 Å². The van der Waals surface area contributed by atoms with Gasteiger partial charge in [-0.05, 0) is 47.2 Å². The van der Waals surface area contributed by atoms with Gasteiger partial charge in [0.15, 0.2) is 0 Å². The first-order chi connectivity index (χ1) is 16.6. The Hall–Kier alpha value is -3.32. The van der Waals surface area contributed by atoms with Crippen molar-refractivity contribution in [1.29, 1.82) is 0 Å². The third kappa shape index (κ3) is 5.51. The molecule has 0 bridgehead atoms. The first-order valence-electron chi connectivity index (χ1n) is 11.8. The highest BCUT2D eigenvalue weighted by Gasteiger charge is 2.46. The number of hydrogen-bond donors (Lipinski definition) is 1. The molecule has 1 amide bonds. The molecule has 0 aliphatic carbocycles. The Morgan fingerprint density at radius 2 is 1.80 bits per heavy atom. The molecule has 7 nitrogen and oxygen atoms in total. The fourth-order valence-electron chi connectivity index (χ4n) is 4.15. The monoisotopic (exact) mass is 481 g/mol. The lowest BCUT2D eigenvalue weighted by Crippen LogP contribution is -2.32. The average molecular weight is 482 g/mol. The van der Waals surface area contributed by atoms with Crippen LogP contribution in [-0.4, -0.2) is 55.7 Å². The molecule has 188 valence electrons. The van der Waals surface area contributed by atoms with E-state index in [1.807, 2.05) is 43.3 Å². The van der Waals surface area contributed by atoms with Gasteiger partial charge in [-0.1, -0.05) is 45.9 Å². The predicted octanol–water partition coefficient (Wildman–Crippen LogP) is 4.85. The molecule has 0 saturated carbocycles. The maximum absolute atomic E-state index is 13.3. The smallest absolute Gasteiger partial charge is 0.295 e. The summed E-state index contributed by atoms with van der Waals surface area (Å²) in [4.78, 5) is 27.8. The fraction of sp³-hybridized carbons (Fsp3) is 0.429. The molecule has 1 N–H and O–H groups in total. The van der Waals surface area contributed by atoms with E-state index in [0.29, 0.717) is 29.2 Å². The van der Waals surface area contributed by atoms with Crippen LogP contribution in [0.4, 0.5) is 0 Å². The number of nitrogens with zero attached hydrogens (tertiary/aromatic N) is 1. The van der Waals surface area contributed by atoms with Crippen molar-refractivity contribution >= 4 is 17.4 Å². The van der Waals surface area contributed by atoms with E-state index in [9.17, 15) is 14.7 Å². The summed E-state index contributed by atoms with van der Waals surface area (Å²) in [7, 11) is 3.04. The quantitative estimate of drug-likeness (QED) is 0.313. The Bertz CT molecular complexity index is 1110. The molecular weight excluding hydrogens is 446 g/mol. The zero-order chi connectivity index (χ0) is 25.8. The maximum Gasteiger partial charge on any atom is 0.295 e. The number of hydrogen-bond acceptors (Lipinski definition) is 6. The van der Waals surface area contributed by atoms with Gasteiger partial charge in [-0.15, -0.1) is 0 Å². The molecule has 1 atom stereocenters. The number of aliphatic hydroxyl groups is 1. The van der Waals surface area contributed by atoms with Crippen LogP contribution >= 0.6 is 0 Å². The summed E-state index contributed by atoms with van der Waals surface area (Å²) in [6, 6.07) is 12.0. The molecule has 2 aromatic carbocycles. The highest BCUT2D eigenvalue weighted by atomic mass is 16.5. The van der Waals surface area contributed by atoms with E-state index in [4.69, 9.17) is 14.2 Å². The highest BCUT2D eigenvalue weighted by molar-refractivity contribution is 6.46. The highest BCUT2D eigenvalue weighted by Crippen LogP contribution is 2.42. The number of ether oxygens (including phenoxy) is 3. The number of aliphatic hydroxyl groups excluding tert-OH is 1. The summed E-state index contributed by atoms with van der Waals surface area (Å²) >= 11 is 0. The molecule has 1 unspecified atom stereocenters. The van der Waals surface area contributed by atoms with E-state index < -0.39 is 17.7 Å². The lowest BCUT2D eigenvalue weighted by Gasteiger charge is -2.26. The Morgan fingerprint density at radius 1 is 1.06 bits per heavy atom. The Kier molecular flexibility index (Phi) is 8.22. The number of likely N-dealkylation sites (tertiary alicyclic amines) is 1. The fourth-order valence-corrected chi connectivity index (χ4v) is 4.15. The number of rotatable bonds is 9.